The Hall–Kier alpha value is -1.30. The summed E-state index contributed by atoms with van der Waals surface area (Å²) in [6, 6.07) is 0.0130. The second-order valence-electron chi connectivity index (χ2n) is 8.13. The number of hydrogen-bond donors (Lipinski definition) is 0. The van der Waals surface area contributed by atoms with E-state index in [2.05, 4.69) is 20.8 Å². The molecule has 2 rings (SSSR count). The number of unbranched alkanes of at least 4 members (excludes halogenated alkanes) is 1. The predicted molar refractivity (Wildman–Crippen MR) is 96.3 cm³/mol. The van der Waals surface area contributed by atoms with Gasteiger partial charge in [-0.25, -0.2) is 4.79 Å². The number of ether oxygens (including phenoxy) is 2. The van der Waals surface area contributed by atoms with Gasteiger partial charge in [0, 0.05) is 45.6 Å². The van der Waals surface area contributed by atoms with Crippen molar-refractivity contribution in [2.45, 2.75) is 65.1 Å². The first-order valence-electron chi connectivity index (χ1n) is 9.55. The van der Waals surface area contributed by atoms with Crippen LogP contribution in [-0.4, -0.2) is 67.8 Å². The number of urea groups is 1. The van der Waals surface area contributed by atoms with E-state index in [1.54, 1.807) is 23.9 Å². The van der Waals surface area contributed by atoms with E-state index in [4.69, 9.17) is 9.47 Å². The van der Waals surface area contributed by atoms with Crippen LogP contribution in [0.15, 0.2) is 0 Å². The van der Waals surface area contributed by atoms with Gasteiger partial charge < -0.3 is 19.3 Å². The number of amides is 2. The Kier molecular flexibility index (Phi) is 6.72. The van der Waals surface area contributed by atoms with Gasteiger partial charge in [0.25, 0.3) is 0 Å². The lowest BCUT2D eigenvalue weighted by Crippen LogP contribution is -2.57. The molecule has 2 atom stereocenters. The number of hydrogen-bond acceptors (Lipinski definition) is 4. The lowest BCUT2D eigenvalue weighted by atomic mass is 9.66. The van der Waals surface area contributed by atoms with Gasteiger partial charge in [-0.05, 0) is 19.3 Å². The van der Waals surface area contributed by atoms with Gasteiger partial charge in [-0.2, -0.15) is 0 Å². The number of rotatable bonds is 6. The summed E-state index contributed by atoms with van der Waals surface area (Å²) >= 11 is 0. The summed E-state index contributed by atoms with van der Waals surface area (Å²) in [4.78, 5) is 27.8. The first-order chi connectivity index (χ1) is 11.8. The average molecular weight is 354 g/mol. The van der Waals surface area contributed by atoms with Crippen molar-refractivity contribution in [3.8, 4) is 0 Å². The van der Waals surface area contributed by atoms with E-state index in [0.717, 1.165) is 25.9 Å². The molecule has 25 heavy (non-hydrogen) atoms. The van der Waals surface area contributed by atoms with Crippen molar-refractivity contribution in [3.05, 3.63) is 0 Å². The fraction of sp³-hybridized carbons (Fsp3) is 0.895. The second kappa shape index (κ2) is 8.39. The zero-order valence-corrected chi connectivity index (χ0v) is 16.4. The molecular weight excluding hydrogens is 320 g/mol. The maximum absolute atomic E-state index is 12.5. The maximum Gasteiger partial charge on any atom is 0.319 e. The molecule has 1 heterocycles. The standard InChI is InChI=1S/C19H34N2O4/c1-6-7-12-24-15-13-16(19(15,2)3)25-17(22)14-8-10-21(11-9-14)18(23)20(4)5/h14-16H,6-13H2,1-5H3/t15-,16-/m1/s1. The molecule has 6 nitrogen and oxygen atoms in total. The SMILES string of the molecule is CCCCO[C@@H]1C[C@@H](OC(=O)C2CCN(C(=O)N(C)C)CC2)C1(C)C. The summed E-state index contributed by atoms with van der Waals surface area (Å²) < 4.78 is 11.7. The highest BCUT2D eigenvalue weighted by Gasteiger charge is 2.52. The molecule has 1 aliphatic carbocycles. The quantitative estimate of drug-likeness (QED) is 0.544. The molecular formula is C19H34N2O4. The molecule has 2 amide bonds. The molecule has 1 aliphatic heterocycles. The van der Waals surface area contributed by atoms with Gasteiger partial charge in [0.15, 0.2) is 0 Å². The van der Waals surface area contributed by atoms with Crippen molar-refractivity contribution >= 4 is 12.0 Å². The van der Waals surface area contributed by atoms with E-state index in [1.165, 1.54) is 0 Å². The summed E-state index contributed by atoms with van der Waals surface area (Å²) in [5.74, 6) is -0.205. The fourth-order valence-electron chi connectivity index (χ4n) is 3.53. The van der Waals surface area contributed by atoms with Gasteiger partial charge in [-0.3, -0.25) is 4.79 Å². The number of carbonyl (C=O) groups is 2. The summed E-state index contributed by atoms with van der Waals surface area (Å²) in [5.41, 5.74) is -0.120. The van der Waals surface area contributed by atoms with E-state index in [-0.39, 0.29) is 35.5 Å². The van der Waals surface area contributed by atoms with E-state index in [1.807, 2.05) is 0 Å². The summed E-state index contributed by atoms with van der Waals surface area (Å²) in [7, 11) is 3.50. The molecule has 0 N–H and O–H groups in total. The van der Waals surface area contributed by atoms with Crippen LogP contribution in [0.3, 0.4) is 0 Å². The molecule has 1 saturated carbocycles. The highest BCUT2D eigenvalue weighted by atomic mass is 16.6. The minimum atomic E-state index is -0.120. The molecule has 2 fully saturated rings. The van der Waals surface area contributed by atoms with Crippen LogP contribution in [0.5, 0.6) is 0 Å². The number of esters is 1. The normalized spacial score (nSPS) is 26.0. The van der Waals surface area contributed by atoms with Crippen LogP contribution in [0.1, 0.15) is 52.9 Å². The molecule has 144 valence electrons. The Labute approximate surface area is 151 Å². The minimum Gasteiger partial charge on any atom is -0.461 e. The Morgan fingerprint density at radius 3 is 2.32 bits per heavy atom. The van der Waals surface area contributed by atoms with Crippen LogP contribution < -0.4 is 0 Å². The van der Waals surface area contributed by atoms with Crippen LogP contribution in [0.25, 0.3) is 0 Å². The van der Waals surface area contributed by atoms with E-state index < -0.39 is 0 Å². The highest BCUT2D eigenvalue weighted by Crippen LogP contribution is 2.45. The lowest BCUT2D eigenvalue weighted by Gasteiger charge is -2.50. The van der Waals surface area contributed by atoms with Crippen molar-refractivity contribution in [1.82, 2.24) is 9.80 Å². The first-order valence-corrected chi connectivity index (χ1v) is 9.55. The third kappa shape index (κ3) is 4.66. The molecule has 1 saturated heterocycles. The van der Waals surface area contributed by atoms with Gasteiger partial charge in [0.2, 0.25) is 0 Å². The van der Waals surface area contributed by atoms with Crippen molar-refractivity contribution < 1.29 is 19.1 Å². The summed E-state index contributed by atoms with van der Waals surface area (Å²) in [5, 5.41) is 0. The van der Waals surface area contributed by atoms with Gasteiger partial charge in [-0.15, -0.1) is 0 Å². The zero-order chi connectivity index (χ0) is 18.6. The predicted octanol–water partition coefficient (Wildman–Crippen LogP) is 2.91. The Morgan fingerprint density at radius 1 is 1.16 bits per heavy atom. The average Bonchev–Trinajstić information content (AvgIpc) is 2.59. The smallest absolute Gasteiger partial charge is 0.319 e. The Morgan fingerprint density at radius 2 is 1.80 bits per heavy atom. The molecule has 0 aromatic heterocycles. The molecule has 0 radical (unpaired) electrons. The van der Waals surface area contributed by atoms with Crippen LogP contribution in [0.4, 0.5) is 4.79 Å². The van der Waals surface area contributed by atoms with Crippen molar-refractivity contribution in [3.63, 3.8) is 0 Å². The van der Waals surface area contributed by atoms with Crippen molar-refractivity contribution in [2.75, 3.05) is 33.8 Å². The van der Waals surface area contributed by atoms with E-state index in [0.29, 0.717) is 25.9 Å². The molecule has 0 spiro atoms. The number of nitrogens with zero attached hydrogens (tertiary/aromatic N) is 2. The van der Waals surface area contributed by atoms with Crippen LogP contribution in [0, 0.1) is 11.3 Å². The molecule has 0 bridgehead atoms. The van der Waals surface area contributed by atoms with Crippen LogP contribution in [-0.2, 0) is 14.3 Å². The Balaban J connectivity index is 1.75. The third-order valence-electron chi connectivity index (χ3n) is 5.64. The number of carbonyl (C=O) groups excluding carboxylic acids is 2. The molecule has 0 aromatic carbocycles. The summed E-state index contributed by atoms with van der Waals surface area (Å²) in [6.07, 6.45) is 4.47. The van der Waals surface area contributed by atoms with Crippen LogP contribution in [0.2, 0.25) is 0 Å². The Bertz CT molecular complexity index is 470. The summed E-state index contributed by atoms with van der Waals surface area (Å²) in [6.45, 7) is 8.40. The zero-order valence-electron chi connectivity index (χ0n) is 16.4. The van der Waals surface area contributed by atoms with Gasteiger partial charge >= 0.3 is 12.0 Å². The molecule has 2 aliphatic rings. The monoisotopic (exact) mass is 354 g/mol. The van der Waals surface area contributed by atoms with Crippen LogP contribution >= 0.6 is 0 Å². The third-order valence-corrected chi connectivity index (χ3v) is 5.64. The fourth-order valence-corrected chi connectivity index (χ4v) is 3.53. The maximum atomic E-state index is 12.5. The topological polar surface area (TPSA) is 59.1 Å². The molecule has 0 aromatic rings. The second-order valence-corrected chi connectivity index (χ2v) is 8.13. The van der Waals surface area contributed by atoms with Gasteiger partial charge in [-0.1, -0.05) is 27.2 Å². The minimum absolute atomic E-state index is 0.0130. The van der Waals surface area contributed by atoms with Gasteiger partial charge in [0.1, 0.15) is 6.10 Å². The van der Waals surface area contributed by atoms with E-state index >= 15 is 0 Å². The van der Waals surface area contributed by atoms with Crippen molar-refractivity contribution in [1.29, 1.82) is 0 Å². The highest BCUT2D eigenvalue weighted by molar-refractivity contribution is 5.76. The molecule has 0 unspecified atom stereocenters. The number of likely N-dealkylation sites (tertiary alicyclic amines) is 1. The van der Waals surface area contributed by atoms with Crippen molar-refractivity contribution in [2.24, 2.45) is 11.3 Å². The molecule has 6 heteroatoms. The number of piperidine rings is 1. The van der Waals surface area contributed by atoms with Gasteiger partial charge in [0.05, 0.1) is 12.0 Å². The van der Waals surface area contributed by atoms with E-state index in [9.17, 15) is 9.59 Å². The largest absolute Gasteiger partial charge is 0.461 e. The lowest BCUT2D eigenvalue weighted by molar-refractivity contribution is -0.207. The first kappa shape index (κ1) is 20.0.